The summed E-state index contributed by atoms with van der Waals surface area (Å²) in [6.45, 7) is 3.91. The zero-order chi connectivity index (χ0) is 14.4. The van der Waals surface area contributed by atoms with Crippen molar-refractivity contribution in [2.45, 2.75) is 26.1 Å². The molecule has 1 unspecified atom stereocenters. The molecule has 0 saturated heterocycles. The van der Waals surface area contributed by atoms with Gasteiger partial charge in [-0.15, -0.1) is 0 Å². The van der Waals surface area contributed by atoms with E-state index in [0.29, 0.717) is 25.7 Å². The fraction of sp³-hybridized carbons (Fsp3) is 0.294. The van der Waals surface area contributed by atoms with Crippen molar-refractivity contribution < 1.29 is 4.74 Å². The van der Waals surface area contributed by atoms with Gasteiger partial charge in [0.25, 0.3) is 0 Å². The van der Waals surface area contributed by atoms with E-state index in [4.69, 9.17) is 22.1 Å². The van der Waals surface area contributed by atoms with Gasteiger partial charge in [-0.2, -0.15) is 0 Å². The second kappa shape index (κ2) is 7.44. The summed E-state index contributed by atoms with van der Waals surface area (Å²) in [5.74, 6) is 0.396. The van der Waals surface area contributed by atoms with Gasteiger partial charge in [-0.1, -0.05) is 61.0 Å². The first-order valence-electron chi connectivity index (χ1n) is 6.80. The molecule has 0 saturated carbocycles. The molecular weight excluding hydrogens is 270 g/mol. The maximum atomic E-state index is 6.09. The standard InChI is InChI=1S/C17H20ClNO/c1-13(10-19)15-8-6-14(7-9-15)11-20-12-16-4-2-3-5-17(16)18/h2-9,13H,10-12,19H2,1H3. The van der Waals surface area contributed by atoms with Gasteiger partial charge in [0.15, 0.2) is 0 Å². The summed E-state index contributed by atoms with van der Waals surface area (Å²) in [5, 5.41) is 0.750. The highest BCUT2D eigenvalue weighted by atomic mass is 35.5. The Morgan fingerprint density at radius 2 is 1.75 bits per heavy atom. The van der Waals surface area contributed by atoms with Gasteiger partial charge in [-0.3, -0.25) is 0 Å². The van der Waals surface area contributed by atoms with Crippen LogP contribution in [0.2, 0.25) is 5.02 Å². The van der Waals surface area contributed by atoms with Crippen molar-refractivity contribution in [2.24, 2.45) is 5.73 Å². The maximum absolute atomic E-state index is 6.09. The molecule has 0 fully saturated rings. The van der Waals surface area contributed by atoms with Gasteiger partial charge in [-0.05, 0) is 35.2 Å². The topological polar surface area (TPSA) is 35.2 Å². The van der Waals surface area contributed by atoms with Crippen LogP contribution in [-0.2, 0) is 18.0 Å². The highest BCUT2D eigenvalue weighted by molar-refractivity contribution is 6.31. The normalized spacial score (nSPS) is 12.3. The number of hydrogen-bond acceptors (Lipinski definition) is 2. The lowest BCUT2D eigenvalue weighted by molar-refractivity contribution is 0.107. The monoisotopic (exact) mass is 289 g/mol. The number of rotatable bonds is 6. The van der Waals surface area contributed by atoms with Crippen molar-refractivity contribution in [2.75, 3.05) is 6.54 Å². The zero-order valence-corrected chi connectivity index (χ0v) is 12.4. The van der Waals surface area contributed by atoms with Crippen LogP contribution < -0.4 is 5.73 Å². The molecule has 2 nitrogen and oxygen atoms in total. The smallest absolute Gasteiger partial charge is 0.0735 e. The summed E-state index contributed by atoms with van der Waals surface area (Å²) in [4.78, 5) is 0. The predicted octanol–water partition coefficient (Wildman–Crippen LogP) is 4.12. The molecule has 0 aliphatic carbocycles. The third-order valence-corrected chi connectivity index (χ3v) is 3.76. The minimum absolute atomic E-state index is 0.396. The highest BCUT2D eigenvalue weighted by Gasteiger charge is 2.03. The molecule has 0 heterocycles. The Kier molecular flexibility index (Phi) is 5.60. The molecule has 2 N–H and O–H groups in total. The molecule has 3 heteroatoms. The Hall–Kier alpha value is -1.35. The average Bonchev–Trinajstić information content (AvgIpc) is 2.49. The molecule has 106 valence electrons. The van der Waals surface area contributed by atoms with E-state index < -0.39 is 0 Å². The molecule has 2 rings (SSSR count). The summed E-state index contributed by atoms with van der Waals surface area (Å²) in [5.41, 5.74) is 9.10. The van der Waals surface area contributed by atoms with E-state index in [1.807, 2.05) is 24.3 Å². The average molecular weight is 290 g/mol. The third kappa shape index (κ3) is 4.07. The zero-order valence-electron chi connectivity index (χ0n) is 11.7. The molecule has 2 aromatic carbocycles. The molecule has 0 spiro atoms. The van der Waals surface area contributed by atoms with Crippen LogP contribution in [0.15, 0.2) is 48.5 Å². The van der Waals surface area contributed by atoms with E-state index in [9.17, 15) is 0 Å². The van der Waals surface area contributed by atoms with Gasteiger partial charge >= 0.3 is 0 Å². The van der Waals surface area contributed by atoms with Gasteiger partial charge < -0.3 is 10.5 Å². The van der Waals surface area contributed by atoms with Crippen LogP contribution in [0.25, 0.3) is 0 Å². The fourth-order valence-corrected chi connectivity index (χ4v) is 2.16. The number of benzene rings is 2. The Morgan fingerprint density at radius 1 is 1.05 bits per heavy atom. The first kappa shape index (κ1) is 15.0. The van der Waals surface area contributed by atoms with Crippen LogP contribution in [0.3, 0.4) is 0 Å². The molecule has 20 heavy (non-hydrogen) atoms. The van der Waals surface area contributed by atoms with Crippen LogP contribution in [0.1, 0.15) is 29.5 Å². The predicted molar refractivity (Wildman–Crippen MR) is 83.9 cm³/mol. The fourth-order valence-electron chi connectivity index (χ4n) is 1.97. The largest absolute Gasteiger partial charge is 0.372 e. The lowest BCUT2D eigenvalue weighted by Gasteiger charge is -2.10. The number of ether oxygens (including phenoxy) is 1. The first-order chi connectivity index (χ1) is 9.70. The molecule has 0 aromatic heterocycles. The lowest BCUT2D eigenvalue weighted by atomic mass is 10.0. The van der Waals surface area contributed by atoms with E-state index in [1.54, 1.807) is 0 Å². The highest BCUT2D eigenvalue weighted by Crippen LogP contribution is 2.18. The van der Waals surface area contributed by atoms with Crippen molar-refractivity contribution in [3.05, 3.63) is 70.2 Å². The Bertz CT molecular complexity index is 539. The first-order valence-corrected chi connectivity index (χ1v) is 7.18. The minimum atomic E-state index is 0.396. The molecule has 0 radical (unpaired) electrons. The van der Waals surface area contributed by atoms with E-state index in [2.05, 4.69) is 31.2 Å². The maximum Gasteiger partial charge on any atom is 0.0735 e. The molecule has 1 atom stereocenters. The quantitative estimate of drug-likeness (QED) is 0.868. The third-order valence-electron chi connectivity index (χ3n) is 3.39. The van der Waals surface area contributed by atoms with Gasteiger partial charge in [0.05, 0.1) is 13.2 Å². The summed E-state index contributed by atoms with van der Waals surface area (Å²) >= 11 is 6.09. The van der Waals surface area contributed by atoms with Crippen LogP contribution in [0.5, 0.6) is 0 Å². The van der Waals surface area contributed by atoms with Gasteiger partial charge in [-0.25, -0.2) is 0 Å². The molecule has 0 aliphatic heterocycles. The Morgan fingerprint density at radius 3 is 2.40 bits per heavy atom. The van der Waals surface area contributed by atoms with E-state index in [1.165, 1.54) is 5.56 Å². The number of hydrogen-bond donors (Lipinski definition) is 1. The summed E-state index contributed by atoms with van der Waals surface area (Å²) in [6.07, 6.45) is 0. The summed E-state index contributed by atoms with van der Waals surface area (Å²) in [6, 6.07) is 16.2. The van der Waals surface area contributed by atoms with E-state index >= 15 is 0 Å². The SMILES string of the molecule is CC(CN)c1ccc(COCc2ccccc2Cl)cc1. The van der Waals surface area contributed by atoms with Crippen LogP contribution in [0.4, 0.5) is 0 Å². The van der Waals surface area contributed by atoms with Crippen molar-refractivity contribution in [1.82, 2.24) is 0 Å². The molecular formula is C17H20ClNO. The van der Waals surface area contributed by atoms with Crippen LogP contribution >= 0.6 is 11.6 Å². The van der Waals surface area contributed by atoms with Gasteiger partial charge in [0, 0.05) is 5.02 Å². The van der Waals surface area contributed by atoms with Crippen molar-refractivity contribution in [3.8, 4) is 0 Å². The second-order valence-electron chi connectivity index (χ2n) is 4.96. The molecule has 2 aromatic rings. The summed E-state index contributed by atoms with van der Waals surface area (Å²) in [7, 11) is 0. The van der Waals surface area contributed by atoms with E-state index in [-0.39, 0.29) is 0 Å². The van der Waals surface area contributed by atoms with Crippen molar-refractivity contribution in [3.63, 3.8) is 0 Å². The molecule has 0 bridgehead atoms. The molecule has 0 aliphatic rings. The van der Waals surface area contributed by atoms with Gasteiger partial charge in [0.2, 0.25) is 0 Å². The van der Waals surface area contributed by atoms with E-state index in [0.717, 1.165) is 16.1 Å². The summed E-state index contributed by atoms with van der Waals surface area (Å²) < 4.78 is 5.70. The number of nitrogens with two attached hydrogens (primary N) is 1. The van der Waals surface area contributed by atoms with Crippen LogP contribution in [-0.4, -0.2) is 6.54 Å². The van der Waals surface area contributed by atoms with Gasteiger partial charge in [0.1, 0.15) is 0 Å². The number of halogens is 1. The minimum Gasteiger partial charge on any atom is -0.372 e. The lowest BCUT2D eigenvalue weighted by Crippen LogP contribution is -2.08. The Balaban J connectivity index is 1.87. The van der Waals surface area contributed by atoms with Crippen LogP contribution in [0, 0.1) is 0 Å². The van der Waals surface area contributed by atoms with Crippen molar-refractivity contribution in [1.29, 1.82) is 0 Å². The Labute approximate surface area is 125 Å². The second-order valence-corrected chi connectivity index (χ2v) is 5.37. The van der Waals surface area contributed by atoms with Crippen molar-refractivity contribution >= 4 is 11.6 Å². The molecule has 0 amide bonds.